The van der Waals surface area contributed by atoms with E-state index in [1.54, 1.807) is 26.1 Å². The fraction of sp³-hybridized carbons (Fsp3) is 0.619. The Hall–Kier alpha value is -1.72. The predicted octanol–water partition coefficient (Wildman–Crippen LogP) is 4.11. The van der Waals surface area contributed by atoms with Crippen molar-refractivity contribution in [1.82, 2.24) is 5.32 Å². The number of hydrogen-bond donors (Lipinski definition) is 2. The Morgan fingerprint density at radius 3 is 2.23 bits per heavy atom. The number of carbonyl (C=O) groups is 2. The summed E-state index contributed by atoms with van der Waals surface area (Å²) >= 11 is 0. The maximum Gasteiger partial charge on any atom is 0.311 e. The Kier molecular flexibility index (Phi) is 13.5. The summed E-state index contributed by atoms with van der Waals surface area (Å²) in [5.74, 6) is 0.678. The number of aryl methyl sites for hydroxylation is 1. The highest BCUT2D eigenvalue weighted by Gasteiger charge is 2.11. The number of ether oxygens (including phenoxy) is 1. The lowest BCUT2D eigenvalue weighted by Gasteiger charge is -2.13. The summed E-state index contributed by atoms with van der Waals surface area (Å²) in [7, 11) is 1.79. The molecule has 0 heterocycles. The molecule has 0 fully saturated rings. The number of hydrogen-bond acceptors (Lipinski definition) is 5. The molecule has 1 atom stereocenters. The Labute approximate surface area is 158 Å². The highest BCUT2D eigenvalue weighted by Crippen LogP contribution is 2.23. The Balaban J connectivity index is 0.000000758. The molecule has 2 N–H and O–H groups in total. The first-order valence-electron chi connectivity index (χ1n) is 9.48. The van der Waals surface area contributed by atoms with Crippen LogP contribution in [0.25, 0.3) is 0 Å². The number of rotatable bonds is 10. The molecule has 1 aromatic carbocycles. The van der Waals surface area contributed by atoms with E-state index in [2.05, 4.69) is 12.2 Å². The lowest BCUT2D eigenvalue weighted by molar-refractivity contribution is -0.134. The third-order valence-corrected chi connectivity index (χ3v) is 3.82. The zero-order valence-corrected chi connectivity index (χ0v) is 16.9. The Morgan fingerprint density at radius 1 is 1.15 bits per heavy atom. The summed E-state index contributed by atoms with van der Waals surface area (Å²) in [6.07, 6.45) is 4.65. The van der Waals surface area contributed by atoms with Crippen LogP contribution in [0, 0.1) is 6.92 Å². The van der Waals surface area contributed by atoms with Crippen LogP contribution in [0.2, 0.25) is 0 Å². The summed E-state index contributed by atoms with van der Waals surface area (Å²) in [6.45, 7) is 8.13. The van der Waals surface area contributed by atoms with Gasteiger partial charge < -0.3 is 20.0 Å². The molecule has 5 nitrogen and oxygen atoms in total. The summed E-state index contributed by atoms with van der Waals surface area (Å²) in [5.41, 5.74) is 1.68. The number of esters is 1. The van der Waals surface area contributed by atoms with Gasteiger partial charge in [0.15, 0.2) is 0 Å². The van der Waals surface area contributed by atoms with Gasteiger partial charge >= 0.3 is 5.97 Å². The number of aliphatic hydroxyl groups is 1. The number of aliphatic hydroxyl groups excluding tert-OH is 1. The molecule has 0 aliphatic carbocycles. The lowest BCUT2D eigenvalue weighted by atomic mass is 10.1. The van der Waals surface area contributed by atoms with Gasteiger partial charge in [0.25, 0.3) is 0 Å². The highest BCUT2D eigenvalue weighted by molar-refractivity contribution is 5.75. The number of carbonyl (C=O) groups excluding carboxylic acids is 2. The zero-order chi connectivity index (χ0) is 19.9. The van der Waals surface area contributed by atoms with Crippen LogP contribution in [-0.2, 0) is 9.59 Å². The van der Waals surface area contributed by atoms with E-state index in [1.807, 2.05) is 19.9 Å². The van der Waals surface area contributed by atoms with Crippen LogP contribution in [0.5, 0.6) is 5.75 Å². The number of ketones is 1. The number of nitrogens with one attached hydrogen (secondary N) is 1. The quantitative estimate of drug-likeness (QED) is 0.482. The van der Waals surface area contributed by atoms with Crippen molar-refractivity contribution in [2.75, 3.05) is 13.6 Å². The van der Waals surface area contributed by atoms with Crippen molar-refractivity contribution in [2.24, 2.45) is 0 Å². The topological polar surface area (TPSA) is 75.6 Å². The molecule has 5 heteroatoms. The minimum absolute atomic E-state index is 0.200. The summed E-state index contributed by atoms with van der Waals surface area (Å²) < 4.78 is 5.31. The van der Waals surface area contributed by atoms with Crippen LogP contribution in [0.3, 0.4) is 0 Å². The average molecular weight is 366 g/mol. The molecule has 0 spiro atoms. The average Bonchev–Trinajstić information content (AvgIpc) is 2.60. The Bertz CT molecular complexity index is 543. The first-order chi connectivity index (χ1) is 12.3. The smallest absolute Gasteiger partial charge is 0.311 e. The van der Waals surface area contributed by atoms with Gasteiger partial charge in [-0.25, -0.2) is 0 Å². The minimum Gasteiger partial charge on any atom is -0.426 e. The van der Waals surface area contributed by atoms with Gasteiger partial charge in [0.1, 0.15) is 11.5 Å². The standard InChI is InChI=1S/C15H23NO3.C6H12O/c1-4-5-6-15(18)19-14-8-7-12(9-11(14)2)13(17)10-16-3;1-3-4-5-6(2)7/h7-9,13,16-17H,4-6,10H2,1-3H3;3-5H2,1-2H3. The summed E-state index contributed by atoms with van der Waals surface area (Å²) in [6, 6.07) is 5.38. The van der Waals surface area contributed by atoms with Gasteiger partial charge in [-0.1, -0.05) is 32.8 Å². The molecule has 0 aliphatic rings. The second-order valence-electron chi connectivity index (χ2n) is 6.48. The SMILES string of the molecule is CCCCC(=O)Oc1ccc(C(O)CNC)cc1C.CCCCC(C)=O. The van der Waals surface area contributed by atoms with Gasteiger partial charge in [-0.05, 0) is 57.0 Å². The fourth-order valence-corrected chi connectivity index (χ4v) is 2.23. The molecule has 1 aromatic rings. The van der Waals surface area contributed by atoms with Crippen LogP contribution < -0.4 is 10.1 Å². The van der Waals surface area contributed by atoms with Crippen LogP contribution in [0.1, 0.15) is 76.5 Å². The molecular formula is C21H35NO4. The molecule has 0 saturated heterocycles. The summed E-state index contributed by atoms with van der Waals surface area (Å²) in [4.78, 5) is 21.8. The van der Waals surface area contributed by atoms with Gasteiger partial charge in [0.2, 0.25) is 0 Å². The third-order valence-electron chi connectivity index (χ3n) is 3.82. The normalized spacial score (nSPS) is 11.3. The molecule has 148 valence electrons. The van der Waals surface area contributed by atoms with Crippen LogP contribution in [0.15, 0.2) is 18.2 Å². The van der Waals surface area contributed by atoms with Gasteiger partial charge in [-0.3, -0.25) is 4.79 Å². The van der Waals surface area contributed by atoms with Crippen molar-refractivity contribution in [3.63, 3.8) is 0 Å². The molecule has 0 aliphatic heterocycles. The molecule has 0 saturated carbocycles. The van der Waals surface area contributed by atoms with E-state index in [-0.39, 0.29) is 5.97 Å². The molecule has 0 bridgehead atoms. The van der Waals surface area contributed by atoms with Crippen LogP contribution >= 0.6 is 0 Å². The molecule has 1 unspecified atom stereocenters. The number of Topliss-reactive ketones (excluding diaryl/α,β-unsaturated/α-hetero) is 1. The largest absolute Gasteiger partial charge is 0.426 e. The summed E-state index contributed by atoms with van der Waals surface area (Å²) in [5, 5.41) is 12.8. The molecule has 26 heavy (non-hydrogen) atoms. The second kappa shape index (κ2) is 14.4. The molecule has 0 amide bonds. The first kappa shape index (κ1) is 24.3. The van der Waals surface area contributed by atoms with E-state index in [1.165, 1.54) is 0 Å². The van der Waals surface area contributed by atoms with E-state index in [9.17, 15) is 14.7 Å². The maximum absolute atomic E-state index is 11.6. The highest BCUT2D eigenvalue weighted by atomic mass is 16.5. The van der Waals surface area contributed by atoms with E-state index in [4.69, 9.17) is 4.74 Å². The third kappa shape index (κ3) is 11.0. The Morgan fingerprint density at radius 2 is 1.77 bits per heavy atom. The molecule has 0 aromatic heterocycles. The van der Waals surface area contributed by atoms with Gasteiger partial charge in [0, 0.05) is 19.4 Å². The second-order valence-corrected chi connectivity index (χ2v) is 6.48. The van der Waals surface area contributed by atoms with Crippen molar-refractivity contribution in [3.8, 4) is 5.75 Å². The van der Waals surface area contributed by atoms with Gasteiger partial charge in [-0.2, -0.15) is 0 Å². The van der Waals surface area contributed by atoms with Crippen molar-refractivity contribution in [3.05, 3.63) is 29.3 Å². The first-order valence-corrected chi connectivity index (χ1v) is 9.48. The van der Waals surface area contributed by atoms with Crippen molar-refractivity contribution in [1.29, 1.82) is 0 Å². The maximum atomic E-state index is 11.6. The number of benzene rings is 1. The fourth-order valence-electron chi connectivity index (χ4n) is 2.23. The zero-order valence-electron chi connectivity index (χ0n) is 16.9. The minimum atomic E-state index is -0.548. The van der Waals surface area contributed by atoms with E-state index in [0.29, 0.717) is 24.5 Å². The number of likely N-dealkylation sites (N-methyl/N-ethyl adjacent to an activating group) is 1. The molecule has 1 rings (SSSR count). The number of unbranched alkanes of at least 4 members (excludes halogenated alkanes) is 2. The van der Waals surface area contributed by atoms with Crippen molar-refractivity contribution < 1.29 is 19.4 Å². The lowest BCUT2D eigenvalue weighted by Crippen LogP contribution is -2.17. The van der Waals surface area contributed by atoms with Gasteiger partial charge in [0.05, 0.1) is 6.10 Å². The van der Waals surface area contributed by atoms with Crippen LogP contribution in [-0.4, -0.2) is 30.5 Å². The molecular weight excluding hydrogens is 330 g/mol. The van der Waals surface area contributed by atoms with E-state index >= 15 is 0 Å². The van der Waals surface area contributed by atoms with Crippen molar-refractivity contribution in [2.45, 2.75) is 72.3 Å². The van der Waals surface area contributed by atoms with Crippen LogP contribution in [0.4, 0.5) is 0 Å². The van der Waals surface area contributed by atoms with Gasteiger partial charge in [-0.15, -0.1) is 0 Å². The van der Waals surface area contributed by atoms with Crippen molar-refractivity contribution >= 4 is 11.8 Å². The molecule has 0 radical (unpaired) electrons. The van der Waals surface area contributed by atoms with E-state index in [0.717, 1.165) is 43.2 Å². The monoisotopic (exact) mass is 365 g/mol. The predicted molar refractivity (Wildman–Crippen MR) is 105 cm³/mol. The van der Waals surface area contributed by atoms with E-state index < -0.39 is 6.10 Å².